The van der Waals surface area contributed by atoms with Crippen molar-refractivity contribution in [3.63, 3.8) is 0 Å². The van der Waals surface area contributed by atoms with Gasteiger partial charge in [-0.3, -0.25) is 9.59 Å². The Morgan fingerprint density at radius 1 is 0.967 bits per heavy atom. The maximum atomic E-state index is 12.9. The Morgan fingerprint density at radius 2 is 1.67 bits per heavy atom. The van der Waals surface area contributed by atoms with Crippen molar-refractivity contribution >= 4 is 16.7 Å². The van der Waals surface area contributed by atoms with Crippen molar-refractivity contribution in [1.82, 2.24) is 15.1 Å². The molecule has 0 bridgehead atoms. The SMILES string of the molecule is COc1ccc(CNC(=O)Cn2ncc3ccc(OC)c(OC)c3c2=O)cc1OC. The summed E-state index contributed by atoms with van der Waals surface area (Å²) in [6.07, 6.45) is 1.51. The summed E-state index contributed by atoms with van der Waals surface area (Å²) in [5.41, 5.74) is 0.385. The number of amides is 1. The highest BCUT2D eigenvalue weighted by Crippen LogP contribution is 2.32. The van der Waals surface area contributed by atoms with Crippen LogP contribution in [0.1, 0.15) is 5.56 Å². The summed E-state index contributed by atoms with van der Waals surface area (Å²) in [5, 5.41) is 7.77. The van der Waals surface area contributed by atoms with E-state index in [1.807, 2.05) is 6.07 Å². The molecule has 0 saturated heterocycles. The number of aromatic nitrogens is 2. The first kappa shape index (κ1) is 21.0. The van der Waals surface area contributed by atoms with E-state index in [0.29, 0.717) is 33.8 Å². The van der Waals surface area contributed by atoms with Crippen LogP contribution in [0.15, 0.2) is 41.3 Å². The molecule has 9 nitrogen and oxygen atoms in total. The van der Waals surface area contributed by atoms with Crippen LogP contribution >= 0.6 is 0 Å². The molecule has 0 aliphatic heterocycles. The summed E-state index contributed by atoms with van der Waals surface area (Å²) in [6.45, 7) is 0.0289. The van der Waals surface area contributed by atoms with Crippen LogP contribution in [0.4, 0.5) is 0 Å². The van der Waals surface area contributed by atoms with Crippen LogP contribution < -0.4 is 29.8 Å². The van der Waals surface area contributed by atoms with Gasteiger partial charge in [0.05, 0.1) is 40.0 Å². The number of carbonyl (C=O) groups excluding carboxylic acids is 1. The molecule has 0 aliphatic rings. The highest BCUT2D eigenvalue weighted by molar-refractivity contribution is 5.89. The Morgan fingerprint density at radius 3 is 2.33 bits per heavy atom. The van der Waals surface area contributed by atoms with Crippen LogP contribution in [-0.2, 0) is 17.9 Å². The first-order valence-corrected chi connectivity index (χ1v) is 9.10. The second-order valence-electron chi connectivity index (χ2n) is 6.34. The average Bonchev–Trinajstić information content (AvgIpc) is 2.78. The van der Waals surface area contributed by atoms with E-state index in [9.17, 15) is 9.59 Å². The van der Waals surface area contributed by atoms with Crippen LogP contribution in [-0.4, -0.2) is 44.1 Å². The average molecular weight is 413 g/mol. The smallest absolute Gasteiger partial charge is 0.279 e. The van der Waals surface area contributed by atoms with Crippen LogP contribution in [0.25, 0.3) is 10.8 Å². The lowest BCUT2D eigenvalue weighted by Crippen LogP contribution is -2.33. The highest BCUT2D eigenvalue weighted by atomic mass is 16.5. The lowest BCUT2D eigenvalue weighted by Gasteiger charge is -2.12. The van der Waals surface area contributed by atoms with Crippen molar-refractivity contribution in [2.24, 2.45) is 0 Å². The second kappa shape index (κ2) is 9.17. The molecule has 0 unspecified atom stereocenters. The van der Waals surface area contributed by atoms with Crippen LogP contribution in [0.5, 0.6) is 23.0 Å². The van der Waals surface area contributed by atoms with Crippen LogP contribution in [0.3, 0.4) is 0 Å². The maximum Gasteiger partial charge on any atom is 0.279 e. The van der Waals surface area contributed by atoms with Gasteiger partial charge < -0.3 is 24.3 Å². The molecular weight excluding hydrogens is 390 g/mol. The molecule has 1 N–H and O–H groups in total. The monoisotopic (exact) mass is 413 g/mol. The fourth-order valence-electron chi connectivity index (χ4n) is 3.08. The molecular formula is C21H23N3O6. The summed E-state index contributed by atoms with van der Waals surface area (Å²) >= 11 is 0. The molecule has 158 valence electrons. The fourth-order valence-corrected chi connectivity index (χ4v) is 3.08. The summed E-state index contributed by atoms with van der Waals surface area (Å²) in [4.78, 5) is 25.3. The van der Waals surface area contributed by atoms with Crippen molar-refractivity contribution in [3.05, 3.63) is 52.4 Å². The molecule has 30 heavy (non-hydrogen) atoms. The van der Waals surface area contributed by atoms with Gasteiger partial charge in [-0.05, 0) is 29.8 Å². The topological polar surface area (TPSA) is 101 Å². The number of hydrogen-bond donors (Lipinski definition) is 1. The molecule has 1 heterocycles. The number of benzene rings is 2. The maximum absolute atomic E-state index is 12.9. The summed E-state index contributed by atoms with van der Waals surface area (Å²) in [5.74, 6) is 1.54. The highest BCUT2D eigenvalue weighted by Gasteiger charge is 2.16. The van der Waals surface area contributed by atoms with Gasteiger partial charge in [0.2, 0.25) is 5.91 Å². The molecule has 1 amide bonds. The number of nitrogens with one attached hydrogen (secondary N) is 1. The Labute approximate surface area is 173 Å². The van der Waals surface area contributed by atoms with Gasteiger partial charge in [-0.1, -0.05) is 6.07 Å². The number of methoxy groups -OCH3 is 4. The van der Waals surface area contributed by atoms with E-state index in [0.717, 1.165) is 10.2 Å². The predicted molar refractivity (Wildman–Crippen MR) is 110 cm³/mol. The zero-order valence-corrected chi connectivity index (χ0v) is 17.2. The van der Waals surface area contributed by atoms with E-state index in [1.54, 1.807) is 38.5 Å². The Bertz CT molecular complexity index is 1130. The largest absolute Gasteiger partial charge is 0.493 e. The lowest BCUT2D eigenvalue weighted by atomic mass is 10.1. The van der Waals surface area contributed by atoms with E-state index >= 15 is 0 Å². The number of rotatable bonds is 8. The number of hydrogen-bond acceptors (Lipinski definition) is 7. The molecule has 3 aromatic rings. The van der Waals surface area contributed by atoms with Gasteiger partial charge >= 0.3 is 0 Å². The number of carbonyl (C=O) groups is 1. The fraction of sp³-hybridized carbons (Fsp3) is 0.286. The van der Waals surface area contributed by atoms with Crippen molar-refractivity contribution in [2.45, 2.75) is 13.1 Å². The van der Waals surface area contributed by atoms with Crippen molar-refractivity contribution in [2.75, 3.05) is 28.4 Å². The molecule has 0 spiro atoms. The predicted octanol–water partition coefficient (Wildman–Crippen LogP) is 1.75. The normalized spacial score (nSPS) is 10.5. The third kappa shape index (κ3) is 4.14. The molecule has 0 radical (unpaired) electrons. The van der Waals surface area contributed by atoms with E-state index in [4.69, 9.17) is 18.9 Å². The first-order chi connectivity index (χ1) is 14.5. The second-order valence-corrected chi connectivity index (χ2v) is 6.34. The number of fused-ring (bicyclic) bond motifs is 1. The van der Waals surface area contributed by atoms with E-state index in [-0.39, 0.29) is 19.0 Å². The van der Waals surface area contributed by atoms with E-state index < -0.39 is 5.56 Å². The molecule has 0 atom stereocenters. The van der Waals surface area contributed by atoms with Gasteiger partial charge in [-0.2, -0.15) is 5.10 Å². The van der Waals surface area contributed by atoms with Gasteiger partial charge in [0.15, 0.2) is 23.0 Å². The molecule has 2 aromatic carbocycles. The first-order valence-electron chi connectivity index (χ1n) is 9.10. The summed E-state index contributed by atoms with van der Waals surface area (Å²) < 4.78 is 22.2. The van der Waals surface area contributed by atoms with Crippen molar-refractivity contribution < 1.29 is 23.7 Å². The van der Waals surface area contributed by atoms with Crippen molar-refractivity contribution in [3.8, 4) is 23.0 Å². The van der Waals surface area contributed by atoms with Gasteiger partial charge in [-0.25, -0.2) is 4.68 Å². The Hall–Kier alpha value is -3.75. The molecule has 0 saturated carbocycles. The van der Waals surface area contributed by atoms with Crippen LogP contribution in [0, 0.1) is 0 Å². The minimum Gasteiger partial charge on any atom is -0.493 e. The quantitative estimate of drug-likeness (QED) is 0.600. The molecule has 0 fully saturated rings. The summed E-state index contributed by atoms with van der Waals surface area (Å²) in [6, 6.07) is 8.76. The minimum atomic E-state index is -0.440. The van der Waals surface area contributed by atoms with Crippen LogP contribution in [0.2, 0.25) is 0 Å². The molecule has 3 rings (SSSR count). The number of ether oxygens (including phenoxy) is 4. The van der Waals surface area contributed by atoms with Gasteiger partial charge in [0.25, 0.3) is 5.56 Å². The lowest BCUT2D eigenvalue weighted by molar-refractivity contribution is -0.122. The third-order valence-electron chi connectivity index (χ3n) is 4.59. The zero-order valence-electron chi connectivity index (χ0n) is 17.2. The Kier molecular flexibility index (Phi) is 6.41. The zero-order chi connectivity index (χ0) is 21.7. The summed E-state index contributed by atoms with van der Waals surface area (Å²) in [7, 11) is 6.04. The Balaban J connectivity index is 1.78. The minimum absolute atomic E-state index is 0.234. The van der Waals surface area contributed by atoms with Gasteiger partial charge in [-0.15, -0.1) is 0 Å². The van der Waals surface area contributed by atoms with Gasteiger partial charge in [0, 0.05) is 11.9 Å². The number of nitrogens with zero attached hydrogens (tertiary/aromatic N) is 2. The third-order valence-corrected chi connectivity index (χ3v) is 4.59. The van der Waals surface area contributed by atoms with Crippen molar-refractivity contribution in [1.29, 1.82) is 0 Å². The standard InChI is InChI=1S/C21H23N3O6/c1-27-15-7-5-13(9-17(15)29-3)10-22-18(25)12-24-21(26)19-14(11-23-24)6-8-16(28-2)20(19)30-4/h5-9,11H,10,12H2,1-4H3,(H,22,25). The molecule has 9 heteroatoms. The molecule has 0 aliphatic carbocycles. The van der Waals surface area contributed by atoms with E-state index in [2.05, 4.69) is 10.4 Å². The van der Waals surface area contributed by atoms with Gasteiger partial charge in [0.1, 0.15) is 6.54 Å². The molecule has 1 aromatic heterocycles. The van der Waals surface area contributed by atoms with E-state index in [1.165, 1.54) is 20.4 Å².